The minimum absolute atomic E-state index is 0.0627. The molecule has 0 heterocycles. The number of rotatable bonds is 5. The monoisotopic (exact) mass is 378 g/mol. The zero-order valence-electron chi connectivity index (χ0n) is 12.3. The van der Waals surface area contributed by atoms with Crippen molar-refractivity contribution in [1.82, 2.24) is 5.43 Å². The number of ether oxygens (including phenoxy) is 1. The van der Waals surface area contributed by atoms with Crippen LogP contribution in [0.15, 0.2) is 46.0 Å². The van der Waals surface area contributed by atoms with Gasteiger partial charge in [-0.3, -0.25) is 4.79 Å². The standard InChI is InChI=1S/C16H15BrN2O4/c1-23-14-8-12(17)7-11(16(14)22)9-18-19-15(21)6-10-2-4-13(20)5-3-10/h2-5,7-9,20,22H,6H2,1H3,(H,19,21)/b18-9-. The number of nitrogens with zero attached hydrogens (tertiary/aromatic N) is 1. The number of carbonyl (C=O) groups is 1. The summed E-state index contributed by atoms with van der Waals surface area (Å²) >= 11 is 3.30. The second-order valence-corrected chi connectivity index (χ2v) is 5.60. The molecule has 0 atom stereocenters. The summed E-state index contributed by atoms with van der Waals surface area (Å²) in [5.74, 6) is 0.0723. The Morgan fingerprint density at radius 2 is 2.00 bits per heavy atom. The highest BCUT2D eigenvalue weighted by Gasteiger charge is 2.08. The first-order chi connectivity index (χ1) is 11.0. The lowest BCUT2D eigenvalue weighted by Gasteiger charge is -2.06. The molecule has 120 valence electrons. The number of methoxy groups -OCH3 is 1. The SMILES string of the molecule is COc1cc(Br)cc(/C=N\NC(=O)Cc2ccc(O)cc2)c1O. The van der Waals surface area contributed by atoms with Gasteiger partial charge in [0.15, 0.2) is 11.5 Å². The third kappa shape index (κ3) is 4.72. The van der Waals surface area contributed by atoms with Crippen molar-refractivity contribution in [3.63, 3.8) is 0 Å². The number of halogens is 1. The van der Waals surface area contributed by atoms with Gasteiger partial charge in [-0.1, -0.05) is 28.1 Å². The fourth-order valence-electron chi connectivity index (χ4n) is 1.86. The summed E-state index contributed by atoms with van der Waals surface area (Å²) in [6.45, 7) is 0. The zero-order valence-corrected chi connectivity index (χ0v) is 13.9. The Morgan fingerprint density at radius 3 is 2.65 bits per heavy atom. The zero-order chi connectivity index (χ0) is 16.8. The number of hydrogen-bond donors (Lipinski definition) is 3. The molecule has 0 aliphatic carbocycles. The topological polar surface area (TPSA) is 91.2 Å². The Balaban J connectivity index is 2.00. The van der Waals surface area contributed by atoms with Gasteiger partial charge in [0.2, 0.25) is 5.91 Å². The third-order valence-electron chi connectivity index (χ3n) is 2.98. The molecule has 0 fully saturated rings. The fourth-order valence-corrected chi connectivity index (χ4v) is 2.32. The lowest BCUT2D eigenvalue weighted by molar-refractivity contribution is -0.120. The van der Waals surface area contributed by atoms with Gasteiger partial charge >= 0.3 is 0 Å². The van der Waals surface area contributed by atoms with E-state index in [0.29, 0.717) is 15.8 Å². The van der Waals surface area contributed by atoms with Gasteiger partial charge in [0, 0.05) is 10.0 Å². The van der Waals surface area contributed by atoms with Gasteiger partial charge in [-0.05, 0) is 29.8 Å². The Labute approximate surface area is 141 Å². The summed E-state index contributed by atoms with van der Waals surface area (Å²) in [5.41, 5.74) is 3.54. The van der Waals surface area contributed by atoms with Crippen LogP contribution >= 0.6 is 15.9 Å². The average Bonchev–Trinajstić information content (AvgIpc) is 2.52. The summed E-state index contributed by atoms with van der Waals surface area (Å²) in [5, 5.41) is 23.0. The van der Waals surface area contributed by atoms with Crippen LogP contribution in [-0.2, 0) is 11.2 Å². The molecule has 0 aromatic heterocycles. The minimum Gasteiger partial charge on any atom is -0.508 e. The van der Waals surface area contributed by atoms with Gasteiger partial charge in [-0.2, -0.15) is 5.10 Å². The molecule has 0 radical (unpaired) electrons. The van der Waals surface area contributed by atoms with Crippen molar-refractivity contribution >= 4 is 28.1 Å². The van der Waals surface area contributed by atoms with Crippen LogP contribution in [0.25, 0.3) is 0 Å². The van der Waals surface area contributed by atoms with Gasteiger partial charge in [0.05, 0.1) is 19.7 Å². The predicted octanol–water partition coefficient (Wildman–Crippen LogP) is 2.56. The van der Waals surface area contributed by atoms with Crippen LogP contribution in [0.5, 0.6) is 17.2 Å². The summed E-state index contributed by atoms with van der Waals surface area (Å²) < 4.78 is 5.75. The minimum atomic E-state index is -0.312. The van der Waals surface area contributed by atoms with Gasteiger partial charge in [0.25, 0.3) is 0 Å². The predicted molar refractivity (Wildman–Crippen MR) is 89.9 cm³/mol. The molecular weight excluding hydrogens is 364 g/mol. The second kappa shape index (κ2) is 7.64. The third-order valence-corrected chi connectivity index (χ3v) is 3.44. The molecule has 0 unspecified atom stereocenters. The lowest BCUT2D eigenvalue weighted by Crippen LogP contribution is -2.19. The number of carbonyl (C=O) groups excluding carboxylic acids is 1. The molecule has 0 spiro atoms. The molecule has 0 aliphatic rings. The number of amides is 1. The van der Waals surface area contributed by atoms with Crippen molar-refractivity contribution in [2.75, 3.05) is 7.11 Å². The van der Waals surface area contributed by atoms with Crippen molar-refractivity contribution < 1.29 is 19.7 Å². The normalized spacial score (nSPS) is 10.7. The molecular formula is C16H15BrN2O4. The van der Waals surface area contributed by atoms with Crippen LogP contribution in [0.2, 0.25) is 0 Å². The van der Waals surface area contributed by atoms with E-state index in [4.69, 9.17) is 4.74 Å². The summed E-state index contributed by atoms with van der Waals surface area (Å²) in [6.07, 6.45) is 1.46. The molecule has 2 aromatic carbocycles. The second-order valence-electron chi connectivity index (χ2n) is 4.68. The van der Waals surface area contributed by atoms with Crippen molar-refractivity contribution in [3.8, 4) is 17.2 Å². The molecule has 0 bridgehead atoms. The first-order valence-electron chi connectivity index (χ1n) is 6.66. The number of aromatic hydroxyl groups is 2. The van der Waals surface area contributed by atoms with Crippen LogP contribution in [0, 0.1) is 0 Å². The lowest BCUT2D eigenvalue weighted by atomic mass is 10.1. The number of hydrazone groups is 1. The molecule has 1 amide bonds. The molecule has 3 N–H and O–H groups in total. The summed E-state index contributed by atoms with van der Waals surface area (Å²) in [7, 11) is 1.45. The van der Waals surface area contributed by atoms with Gasteiger partial charge < -0.3 is 14.9 Å². The van der Waals surface area contributed by atoms with Gasteiger partial charge in [-0.15, -0.1) is 0 Å². The highest BCUT2D eigenvalue weighted by molar-refractivity contribution is 9.10. The van der Waals surface area contributed by atoms with Crippen LogP contribution < -0.4 is 10.2 Å². The number of phenolic OH excluding ortho intramolecular Hbond substituents is 2. The molecule has 7 heteroatoms. The molecule has 23 heavy (non-hydrogen) atoms. The van der Waals surface area contributed by atoms with Crippen molar-refractivity contribution in [3.05, 3.63) is 52.0 Å². The average molecular weight is 379 g/mol. The van der Waals surface area contributed by atoms with E-state index in [1.165, 1.54) is 25.5 Å². The molecule has 6 nitrogen and oxygen atoms in total. The molecule has 2 aromatic rings. The largest absolute Gasteiger partial charge is 0.508 e. The number of phenols is 2. The maximum absolute atomic E-state index is 11.8. The first kappa shape index (κ1) is 16.8. The quantitative estimate of drug-likeness (QED) is 0.550. The Hall–Kier alpha value is -2.54. The Morgan fingerprint density at radius 1 is 1.30 bits per heavy atom. The number of hydrogen-bond acceptors (Lipinski definition) is 5. The van der Waals surface area contributed by atoms with Crippen LogP contribution in [-0.4, -0.2) is 29.4 Å². The van der Waals surface area contributed by atoms with E-state index < -0.39 is 0 Å². The van der Waals surface area contributed by atoms with Gasteiger partial charge in [0.1, 0.15) is 5.75 Å². The van der Waals surface area contributed by atoms with Crippen LogP contribution in [0.3, 0.4) is 0 Å². The summed E-state index contributed by atoms with van der Waals surface area (Å²) in [6, 6.07) is 9.60. The van der Waals surface area contributed by atoms with Gasteiger partial charge in [-0.25, -0.2) is 5.43 Å². The summed E-state index contributed by atoms with van der Waals surface area (Å²) in [4.78, 5) is 11.8. The Bertz CT molecular complexity index is 730. The van der Waals surface area contributed by atoms with Crippen molar-refractivity contribution in [2.24, 2.45) is 5.10 Å². The Kier molecular flexibility index (Phi) is 5.59. The molecule has 0 saturated carbocycles. The fraction of sp³-hybridized carbons (Fsp3) is 0.125. The smallest absolute Gasteiger partial charge is 0.244 e. The van der Waals surface area contributed by atoms with E-state index in [-0.39, 0.29) is 23.8 Å². The van der Waals surface area contributed by atoms with E-state index in [9.17, 15) is 15.0 Å². The molecule has 2 rings (SSSR count). The maximum atomic E-state index is 11.8. The molecule has 0 aliphatic heterocycles. The van der Waals surface area contributed by atoms with E-state index in [2.05, 4.69) is 26.5 Å². The highest BCUT2D eigenvalue weighted by atomic mass is 79.9. The van der Waals surface area contributed by atoms with Crippen molar-refractivity contribution in [1.29, 1.82) is 0 Å². The van der Waals surface area contributed by atoms with E-state index in [1.807, 2.05) is 0 Å². The molecule has 0 saturated heterocycles. The van der Waals surface area contributed by atoms with E-state index in [0.717, 1.165) is 5.56 Å². The first-order valence-corrected chi connectivity index (χ1v) is 7.45. The maximum Gasteiger partial charge on any atom is 0.244 e. The van der Waals surface area contributed by atoms with Crippen molar-refractivity contribution in [2.45, 2.75) is 6.42 Å². The number of nitrogens with one attached hydrogen (secondary N) is 1. The van der Waals surface area contributed by atoms with Crippen LogP contribution in [0.1, 0.15) is 11.1 Å². The van der Waals surface area contributed by atoms with E-state index >= 15 is 0 Å². The number of benzene rings is 2. The van der Waals surface area contributed by atoms with E-state index in [1.54, 1.807) is 24.3 Å². The highest BCUT2D eigenvalue weighted by Crippen LogP contribution is 2.32. The van der Waals surface area contributed by atoms with Crippen LogP contribution in [0.4, 0.5) is 0 Å².